The first-order chi connectivity index (χ1) is 11.8. The van der Waals surface area contributed by atoms with Crippen molar-refractivity contribution in [2.24, 2.45) is 5.92 Å². The van der Waals surface area contributed by atoms with Crippen molar-refractivity contribution in [1.82, 2.24) is 9.97 Å². The van der Waals surface area contributed by atoms with Gasteiger partial charge in [-0.1, -0.05) is 44.2 Å². The topological polar surface area (TPSA) is 28.7 Å². The van der Waals surface area contributed by atoms with E-state index in [-0.39, 0.29) is 12.8 Å². The predicted octanol–water partition coefficient (Wildman–Crippen LogP) is 5.65. The number of pyridine rings is 1. The van der Waals surface area contributed by atoms with E-state index in [4.69, 9.17) is 0 Å². The first kappa shape index (κ1) is 17.5. The highest BCUT2D eigenvalue weighted by molar-refractivity contribution is 5.79. The lowest BCUT2D eigenvalue weighted by Gasteiger charge is -2.31. The summed E-state index contributed by atoms with van der Waals surface area (Å²) in [6.45, 7) is 3.74. The van der Waals surface area contributed by atoms with Crippen LogP contribution in [0, 0.1) is 5.92 Å². The quantitative estimate of drug-likeness (QED) is 0.635. The van der Waals surface area contributed by atoms with Crippen LogP contribution in [-0.2, 0) is 11.8 Å². The molecule has 3 aromatic rings. The van der Waals surface area contributed by atoms with Gasteiger partial charge in [-0.25, -0.2) is 0 Å². The van der Waals surface area contributed by atoms with Crippen LogP contribution in [0.2, 0.25) is 0 Å². The van der Waals surface area contributed by atoms with E-state index >= 15 is 0 Å². The van der Waals surface area contributed by atoms with Crippen LogP contribution in [0.3, 0.4) is 0 Å². The zero-order chi connectivity index (χ0) is 18.1. The summed E-state index contributed by atoms with van der Waals surface area (Å²) in [4.78, 5) is 7.06. The minimum atomic E-state index is -4.25. The van der Waals surface area contributed by atoms with E-state index in [0.717, 1.165) is 16.5 Å². The van der Waals surface area contributed by atoms with Crippen molar-refractivity contribution in [1.29, 1.82) is 0 Å². The van der Waals surface area contributed by atoms with E-state index in [1.807, 2.05) is 44.2 Å². The molecular formula is C20H21F3N2. The fraction of sp³-hybridized carbons (Fsp3) is 0.350. The second kappa shape index (κ2) is 6.54. The molecule has 0 amide bonds. The number of H-pyrrole nitrogens is 1. The molecule has 0 saturated heterocycles. The molecule has 0 spiro atoms. The third-order valence-corrected chi connectivity index (χ3v) is 4.72. The van der Waals surface area contributed by atoms with Crippen molar-refractivity contribution >= 4 is 10.9 Å². The largest absolute Gasteiger partial charge is 0.392 e. The normalized spacial score (nSPS) is 14.0. The van der Waals surface area contributed by atoms with Crippen LogP contribution in [-0.4, -0.2) is 16.1 Å². The van der Waals surface area contributed by atoms with Crippen LogP contribution in [0.15, 0.2) is 54.9 Å². The van der Waals surface area contributed by atoms with E-state index in [9.17, 15) is 13.2 Å². The number of rotatable bonds is 5. The van der Waals surface area contributed by atoms with Gasteiger partial charge in [0.05, 0.1) is 17.6 Å². The molecule has 0 aliphatic heterocycles. The summed E-state index contributed by atoms with van der Waals surface area (Å²) in [5.41, 5.74) is 1.72. The van der Waals surface area contributed by atoms with Crippen molar-refractivity contribution < 1.29 is 13.2 Å². The molecule has 2 nitrogen and oxygen atoms in total. The number of hydrogen-bond acceptors (Lipinski definition) is 1. The van der Waals surface area contributed by atoms with Gasteiger partial charge in [-0.3, -0.25) is 4.98 Å². The second-order valence-corrected chi connectivity index (χ2v) is 7.15. The Hall–Kier alpha value is -2.30. The number of nitrogens with zero attached hydrogens (tertiary/aromatic N) is 1. The number of halogens is 3. The molecule has 3 rings (SSSR count). The molecule has 2 aromatic heterocycles. The standard InChI is InChI=1S/C20H21F3N2/c1-19(2,15-6-4-3-5-7-15)12-16(20(21,22)23)11-17-10-14-8-9-24-13-18(14)25-17/h3-10,13,16,25H,11-12H2,1-2H3. The smallest absolute Gasteiger partial charge is 0.357 e. The Kier molecular flexibility index (Phi) is 4.58. The molecule has 0 aliphatic rings. The van der Waals surface area contributed by atoms with Gasteiger partial charge >= 0.3 is 6.18 Å². The molecule has 2 heterocycles. The van der Waals surface area contributed by atoms with E-state index in [2.05, 4.69) is 9.97 Å². The highest BCUT2D eigenvalue weighted by atomic mass is 19.4. The lowest BCUT2D eigenvalue weighted by Crippen LogP contribution is -2.32. The highest BCUT2D eigenvalue weighted by Crippen LogP contribution is 2.39. The van der Waals surface area contributed by atoms with Gasteiger partial charge in [-0.15, -0.1) is 0 Å². The molecule has 1 atom stereocenters. The Bertz CT molecular complexity index is 802. The molecule has 1 N–H and O–H groups in total. The lowest BCUT2D eigenvalue weighted by molar-refractivity contribution is -0.179. The molecule has 0 aliphatic carbocycles. The van der Waals surface area contributed by atoms with Crippen molar-refractivity contribution in [2.45, 2.75) is 38.3 Å². The SMILES string of the molecule is CC(C)(CC(Cc1cc2ccncc2[nH]1)C(F)(F)F)c1ccccc1. The van der Waals surface area contributed by atoms with Gasteiger partial charge in [-0.2, -0.15) is 13.2 Å². The number of aromatic amines is 1. The molecule has 1 aromatic carbocycles. The lowest BCUT2D eigenvalue weighted by atomic mass is 9.76. The summed E-state index contributed by atoms with van der Waals surface area (Å²) in [7, 11) is 0. The summed E-state index contributed by atoms with van der Waals surface area (Å²) in [5, 5.41) is 0.883. The van der Waals surface area contributed by atoms with Crippen LogP contribution in [0.25, 0.3) is 10.9 Å². The van der Waals surface area contributed by atoms with Crippen molar-refractivity contribution in [3.63, 3.8) is 0 Å². The molecule has 132 valence electrons. The van der Waals surface area contributed by atoms with E-state index in [1.165, 1.54) is 0 Å². The monoisotopic (exact) mass is 346 g/mol. The molecule has 0 bridgehead atoms. The number of nitrogens with one attached hydrogen (secondary N) is 1. The van der Waals surface area contributed by atoms with E-state index < -0.39 is 17.5 Å². The van der Waals surface area contributed by atoms with Gasteiger partial charge in [0.25, 0.3) is 0 Å². The Morgan fingerprint density at radius 1 is 1.08 bits per heavy atom. The summed E-state index contributed by atoms with van der Waals surface area (Å²) in [6.07, 6.45) is -1.00. The minimum Gasteiger partial charge on any atom is -0.357 e. The summed E-state index contributed by atoms with van der Waals surface area (Å²) in [5.74, 6) is -1.41. The Morgan fingerprint density at radius 2 is 1.80 bits per heavy atom. The van der Waals surface area contributed by atoms with Crippen molar-refractivity contribution in [3.05, 3.63) is 66.1 Å². The third kappa shape index (κ3) is 4.03. The zero-order valence-electron chi connectivity index (χ0n) is 14.3. The van der Waals surface area contributed by atoms with Gasteiger partial charge in [0.15, 0.2) is 0 Å². The summed E-state index contributed by atoms with van der Waals surface area (Å²) < 4.78 is 41.0. The van der Waals surface area contributed by atoms with Crippen molar-refractivity contribution in [2.75, 3.05) is 0 Å². The van der Waals surface area contributed by atoms with Crippen LogP contribution >= 0.6 is 0 Å². The van der Waals surface area contributed by atoms with Crippen molar-refractivity contribution in [3.8, 4) is 0 Å². The minimum absolute atomic E-state index is 0.0358. The number of fused-ring (bicyclic) bond motifs is 1. The van der Waals surface area contributed by atoms with Crippen LogP contribution in [0.1, 0.15) is 31.5 Å². The maximum absolute atomic E-state index is 13.7. The molecule has 5 heteroatoms. The molecule has 0 saturated carbocycles. The van der Waals surface area contributed by atoms with Crippen LogP contribution in [0.4, 0.5) is 13.2 Å². The van der Waals surface area contributed by atoms with E-state index in [1.54, 1.807) is 24.5 Å². The second-order valence-electron chi connectivity index (χ2n) is 7.15. The zero-order valence-corrected chi connectivity index (χ0v) is 14.3. The molecular weight excluding hydrogens is 325 g/mol. The molecule has 0 radical (unpaired) electrons. The average Bonchev–Trinajstić information content (AvgIpc) is 2.96. The first-order valence-electron chi connectivity index (χ1n) is 8.29. The summed E-state index contributed by atoms with van der Waals surface area (Å²) >= 11 is 0. The molecule has 25 heavy (non-hydrogen) atoms. The predicted molar refractivity (Wildman–Crippen MR) is 93.4 cm³/mol. The van der Waals surface area contributed by atoms with Gasteiger partial charge < -0.3 is 4.98 Å². The number of benzene rings is 1. The van der Waals surface area contributed by atoms with Crippen LogP contribution in [0.5, 0.6) is 0 Å². The highest BCUT2D eigenvalue weighted by Gasteiger charge is 2.43. The number of aromatic nitrogens is 2. The summed E-state index contributed by atoms with van der Waals surface area (Å²) in [6, 6.07) is 13.0. The van der Waals surface area contributed by atoms with E-state index in [0.29, 0.717) is 5.69 Å². The number of hydrogen-bond donors (Lipinski definition) is 1. The van der Waals surface area contributed by atoms with Crippen LogP contribution < -0.4 is 0 Å². The Balaban J connectivity index is 1.85. The Labute approximate surface area is 145 Å². The maximum Gasteiger partial charge on any atom is 0.392 e. The third-order valence-electron chi connectivity index (χ3n) is 4.72. The molecule has 0 fully saturated rings. The molecule has 1 unspecified atom stereocenters. The average molecular weight is 346 g/mol. The fourth-order valence-electron chi connectivity index (χ4n) is 3.33. The van der Waals surface area contributed by atoms with Gasteiger partial charge in [0.1, 0.15) is 0 Å². The first-order valence-corrected chi connectivity index (χ1v) is 8.29. The fourth-order valence-corrected chi connectivity index (χ4v) is 3.33. The Morgan fingerprint density at radius 3 is 2.44 bits per heavy atom. The van der Waals surface area contributed by atoms with Gasteiger partial charge in [-0.05, 0) is 36.0 Å². The van der Waals surface area contributed by atoms with Gasteiger partial charge in [0.2, 0.25) is 0 Å². The number of alkyl halides is 3. The van der Waals surface area contributed by atoms with Gasteiger partial charge in [0, 0.05) is 17.3 Å². The maximum atomic E-state index is 13.7.